The lowest BCUT2D eigenvalue weighted by Crippen LogP contribution is -2.17. The van der Waals surface area contributed by atoms with Crippen LogP contribution in [0.15, 0.2) is 12.1 Å². The quantitative estimate of drug-likeness (QED) is 0.236. The lowest BCUT2D eigenvalue weighted by molar-refractivity contribution is 0.0486. The van der Waals surface area contributed by atoms with Crippen molar-refractivity contribution in [2.24, 2.45) is 0 Å². The van der Waals surface area contributed by atoms with Gasteiger partial charge >= 0.3 is 23.9 Å². The molecule has 3 N–H and O–H groups in total. The van der Waals surface area contributed by atoms with Gasteiger partial charge in [-0.2, -0.15) is 0 Å². The molecule has 8 nitrogen and oxygen atoms in total. The van der Waals surface area contributed by atoms with Crippen LogP contribution in [0.3, 0.4) is 0 Å². The van der Waals surface area contributed by atoms with Gasteiger partial charge in [-0.15, -0.1) is 0 Å². The lowest BCUT2D eigenvalue weighted by Gasteiger charge is -2.10. The maximum Gasteiger partial charge on any atom is 0.339 e. The van der Waals surface area contributed by atoms with Gasteiger partial charge in [0.25, 0.3) is 0 Å². The number of esters is 1. The van der Waals surface area contributed by atoms with Crippen LogP contribution in [0, 0.1) is 0 Å². The van der Waals surface area contributed by atoms with Crippen LogP contribution in [0.25, 0.3) is 0 Å². The Labute approximate surface area is 182 Å². The van der Waals surface area contributed by atoms with Crippen molar-refractivity contribution in [3.8, 4) is 0 Å². The Balaban J connectivity index is 2.48. The molecule has 0 amide bonds. The number of hydrogen-bond donors (Lipinski definition) is 3. The number of carbonyl (C=O) groups excluding carboxylic acids is 1. The molecule has 0 bridgehead atoms. The molecule has 172 valence electrons. The summed E-state index contributed by atoms with van der Waals surface area (Å²) in [6.45, 7) is 2.28. The fourth-order valence-corrected chi connectivity index (χ4v) is 3.31. The molecule has 0 fully saturated rings. The minimum absolute atomic E-state index is 0.0813. The molecular formula is C23H32O8. The Morgan fingerprint density at radius 1 is 0.613 bits per heavy atom. The Kier molecular flexibility index (Phi) is 11.9. The highest BCUT2D eigenvalue weighted by Gasteiger charge is 2.26. The summed E-state index contributed by atoms with van der Waals surface area (Å²) in [6.07, 6.45) is 12.4. The number of aromatic carboxylic acids is 3. The van der Waals surface area contributed by atoms with Gasteiger partial charge in [0.1, 0.15) is 0 Å². The van der Waals surface area contributed by atoms with Crippen LogP contribution in [0.2, 0.25) is 0 Å². The highest BCUT2D eigenvalue weighted by molar-refractivity contribution is 6.09. The highest BCUT2D eigenvalue weighted by atomic mass is 16.5. The van der Waals surface area contributed by atoms with Crippen molar-refractivity contribution in [1.82, 2.24) is 0 Å². The molecule has 0 unspecified atom stereocenters. The van der Waals surface area contributed by atoms with Crippen molar-refractivity contribution >= 4 is 23.9 Å². The lowest BCUT2D eigenvalue weighted by atomic mass is 9.98. The molecule has 8 heteroatoms. The molecule has 0 aromatic heterocycles. The number of rotatable bonds is 16. The summed E-state index contributed by atoms with van der Waals surface area (Å²) in [5.41, 5.74) is -2.45. The number of carboxylic acid groups (broad SMARTS) is 3. The first-order valence-electron chi connectivity index (χ1n) is 10.8. The molecule has 0 aliphatic carbocycles. The van der Waals surface area contributed by atoms with Crippen LogP contribution in [0.5, 0.6) is 0 Å². The molecule has 0 aliphatic rings. The molecule has 0 radical (unpaired) electrons. The van der Waals surface area contributed by atoms with Crippen molar-refractivity contribution in [2.75, 3.05) is 6.61 Å². The van der Waals surface area contributed by atoms with Crippen molar-refractivity contribution in [3.63, 3.8) is 0 Å². The predicted molar refractivity (Wildman–Crippen MR) is 114 cm³/mol. The molecule has 1 rings (SSSR count). The van der Waals surface area contributed by atoms with Crippen LogP contribution in [-0.4, -0.2) is 45.8 Å². The molecule has 31 heavy (non-hydrogen) atoms. The smallest absolute Gasteiger partial charge is 0.339 e. The molecule has 0 heterocycles. The molecule has 0 atom stereocenters. The molecule has 0 saturated carbocycles. The van der Waals surface area contributed by atoms with E-state index in [0.717, 1.165) is 25.3 Å². The Hall–Kier alpha value is -2.90. The maximum absolute atomic E-state index is 12.3. The normalized spacial score (nSPS) is 10.6. The zero-order valence-corrected chi connectivity index (χ0v) is 18.0. The number of hydrogen-bond acceptors (Lipinski definition) is 5. The monoisotopic (exact) mass is 436 g/mol. The predicted octanol–water partition coefficient (Wildman–Crippen LogP) is 5.25. The summed E-state index contributed by atoms with van der Waals surface area (Å²) in [5.74, 6) is -5.69. The largest absolute Gasteiger partial charge is 0.478 e. The van der Waals surface area contributed by atoms with E-state index in [4.69, 9.17) is 9.84 Å². The van der Waals surface area contributed by atoms with Crippen molar-refractivity contribution < 1.29 is 39.2 Å². The van der Waals surface area contributed by atoms with Crippen LogP contribution in [0.4, 0.5) is 0 Å². The summed E-state index contributed by atoms with van der Waals surface area (Å²) in [4.78, 5) is 46.2. The molecular weight excluding hydrogens is 404 g/mol. The molecule has 0 saturated heterocycles. The first-order valence-corrected chi connectivity index (χ1v) is 10.8. The minimum Gasteiger partial charge on any atom is -0.478 e. The standard InChI is InChI=1S/C23H32O8/c1-2-3-4-5-6-7-8-9-10-11-12-13-31-23(30)19-15-17(21(26)27)16(20(24)25)14-18(19)22(28)29/h14-15H,2-13H2,1H3,(H,24,25)(H,26,27)(H,28,29). The summed E-state index contributed by atoms with van der Waals surface area (Å²) >= 11 is 0. The van der Waals surface area contributed by atoms with Gasteiger partial charge in [-0.3, -0.25) is 0 Å². The van der Waals surface area contributed by atoms with Gasteiger partial charge in [0.05, 0.1) is 28.9 Å². The number of carboxylic acids is 3. The van der Waals surface area contributed by atoms with Crippen LogP contribution >= 0.6 is 0 Å². The summed E-state index contributed by atoms with van der Waals surface area (Å²) in [6, 6.07) is 1.42. The van der Waals surface area contributed by atoms with Crippen molar-refractivity contribution in [2.45, 2.75) is 77.6 Å². The van der Waals surface area contributed by atoms with E-state index in [0.29, 0.717) is 12.5 Å². The summed E-state index contributed by atoms with van der Waals surface area (Å²) < 4.78 is 5.09. The summed E-state index contributed by atoms with van der Waals surface area (Å²) in [5, 5.41) is 27.6. The van der Waals surface area contributed by atoms with E-state index >= 15 is 0 Å². The van der Waals surface area contributed by atoms with Crippen LogP contribution in [0.1, 0.15) is 119 Å². The Morgan fingerprint density at radius 2 is 0.968 bits per heavy atom. The van der Waals surface area contributed by atoms with Crippen molar-refractivity contribution in [3.05, 3.63) is 34.4 Å². The zero-order valence-electron chi connectivity index (χ0n) is 18.0. The number of benzene rings is 1. The molecule has 1 aromatic carbocycles. The topological polar surface area (TPSA) is 138 Å². The van der Waals surface area contributed by atoms with E-state index in [9.17, 15) is 29.4 Å². The fraction of sp³-hybridized carbons (Fsp3) is 0.565. The van der Waals surface area contributed by atoms with E-state index in [1.807, 2.05) is 0 Å². The third kappa shape index (κ3) is 9.19. The first-order chi connectivity index (χ1) is 14.8. The van der Waals surface area contributed by atoms with Gasteiger partial charge < -0.3 is 20.1 Å². The van der Waals surface area contributed by atoms with Gasteiger partial charge in [0.15, 0.2) is 0 Å². The number of ether oxygens (including phenoxy) is 1. The third-order valence-electron chi connectivity index (χ3n) is 5.05. The second kappa shape index (κ2) is 14.2. The SMILES string of the molecule is CCCCCCCCCCCCCOC(=O)c1cc(C(=O)O)c(C(=O)O)cc1C(=O)O. The van der Waals surface area contributed by atoms with Gasteiger partial charge in [-0.05, 0) is 18.6 Å². The molecule has 0 aliphatic heterocycles. The highest BCUT2D eigenvalue weighted by Crippen LogP contribution is 2.20. The van der Waals surface area contributed by atoms with E-state index < -0.39 is 46.1 Å². The van der Waals surface area contributed by atoms with E-state index in [1.165, 1.54) is 44.9 Å². The molecule has 0 spiro atoms. The van der Waals surface area contributed by atoms with Crippen LogP contribution < -0.4 is 0 Å². The van der Waals surface area contributed by atoms with E-state index in [2.05, 4.69) is 6.92 Å². The van der Waals surface area contributed by atoms with Gasteiger partial charge in [-0.25, -0.2) is 19.2 Å². The van der Waals surface area contributed by atoms with E-state index in [-0.39, 0.29) is 6.61 Å². The Bertz CT molecular complexity index is 769. The average molecular weight is 437 g/mol. The zero-order chi connectivity index (χ0) is 23.2. The van der Waals surface area contributed by atoms with Gasteiger partial charge in [0.2, 0.25) is 0 Å². The first kappa shape index (κ1) is 26.1. The summed E-state index contributed by atoms with van der Waals surface area (Å²) in [7, 11) is 0. The number of unbranched alkanes of at least 4 members (excludes halogenated alkanes) is 10. The second-order valence-electron chi connectivity index (χ2n) is 7.53. The maximum atomic E-state index is 12.3. The van der Waals surface area contributed by atoms with Crippen molar-refractivity contribution in [1.29, 1.82) is 0 Å². The second-order valence-corrected chi connectivity index (χ2v) is 7.53. The average Bonchev–Trinajstić information content (AvgIpc) is 2.73. The van der Waals surface area contributed by atoms with Gasteiger partial charge in [0, 0.05) is 0 Å². The van der Waals surface area contributed by atoms with E-state index in [1.54, 1.807) is 0 Å². The minimum atomic E-state index is -1.60. The van der Waals surface area contributed by atoms with Crippen LogP contribution in [-0.2, 0) is 4.74 Å². The molecule has 1 aromatic rings. The fourth-order valence-electron chi connectivity index (χ4n) is 3.31. The Morgan fingerprint density at radius 3 is 1.39 bits per heavy atom. The van der Waals surface area contributed by atoms with Gasteiger partial charge in [-0.1, -0.05) is 71.1 Å². The third-order valence-corrected chi connectivity index (χ3v) is 5.05. The number of carbonyl (C=O) groups is 4.